The lowest BCUT2D eigenvalue weighted by molar-refractivity contribution is 0.0940. The maximum absolute atomic E-state index is 12.4. The average molecular weight is 334 g/mol. The Morgan fingerprint density at radius 3 is 2.35 bits per heavy atom. The molecule has 1 amide bonds. The minimum atomic E-state index is -0.211. The zero-order valence-electron chi connectivity index (χ0n) is 13.6. The molecule has 0 saturated carbocycles. The topological polar surface area (TPSA) is 47.6 Å². The van der Waals surface area contributed by atoms with E-state index in [9.17, 15) is 4.79 Å². The van der Waals surface area contributed by atoms with Crippen LogP contribution in [0.1, 0.15) is 34.5 Å². The van der Waals surface area contributed by atoms with Crippen LogP contribution in [0, 0.1) is 6.92 Å². The number of hydrogen-bond donors (Lipinski definition) is 1. The fourth-order valence-corrected chi connectivity index (χ4v) is 2.68. The quantitative estimate of drug-likeness (QED) is 0.893. The number of amides is 1. The third-order valence-electron chi connectivity index (χ3n) is 3.70. The third-order valence-corrected chi connectivity index (χ3v) is 4.03. The molecular formula is C18H20ClNO3. The number of ether oxygens (including phenoxy) is 2. The summed E-state index contributed by atoms with van der Waals surface area (Å²) in [6.45, 7) is 3.89. The summed E-state index contributed by atoms with van der Waals surface area (Å²) < 4.78 is 10.6. The van der Waals surface area contributed by atoms with Crippen molar-refractivity contribution < 1.29 is 14.3 Å². The molecule has 2 aromatic carbocycles. The van der Waals surface area contributed by atoms with Crippen LogP contribution >= 0.6 is 11.6 Å². The number of carbonyl (C=O) groups excluding carboxylic acids is 1. The maximum atomic E-state index is 12.4. The zero-order chi connectivity index (χ0) is 17.0. The minimum Gasteiger partial charge on any atom is -0.493 e. The van der Waals surface area contributed by atoms with Gasteiger partial charge in [-0.25, -0.2) is 0 Å². The van der Waals surface area contributed by atoms with E-state index in [1.165, 1.54) is 0 Å². The van der Waals surface area contributed by atoms with Crippen LogP contribution in [-0.4, -0.2) is 20.1 Å². The molecule has 0 aromatic heterocycles. The van der Waals surface area contributed by atoms with Gasteiger partial charge in [0, 0.05) is 0 Å². The Bertz CT molecular complexity index is 715. The van der Waals surface area contributed by atoms with Crippen LogP contribution in [0.25, 0.3) is 0 Å². The summed E-state index contributed by atoms with van der Waals surface area (Å²) in [4.78, 5) is 12.4. The second-order valence-electron chi connectivity index (χ2n) is 5.24. The molecule has 2 rings (SSSR count). The number of methoxy groups -OCH3 is 2. The lowest BCUT2D eigenvalue weighted by atomic mass is 10.0. The molecule has 23 heavy (non-hydrogen) atoms. The molecule has 2 aromatic rings. The van der Waals surface area contributed by atoms with Gasteiger partial charge in [-0.2, -0.15) is 0 Å². The summed E-state index contributed by atoms with van der Waals surface area (Å²) in [6, 6.07) is 10.6. The molecular weight excluding hydrogens is 314 g/mol. The van der Waals surface area contributed by atoms with E-state index in [1.807, 2.05) is 26.0 Å². The first kappa shape index (κ1) is 17.2. The Morgan fingerprint density at radius 1 is 1.13 bits per heavy atom. The molecule has 0 aliphatic heterocycles. The van der Waals surface area contributed by atoms with E-state index in [-0.39, 0.29) is 11.9 Å². The molecule has 0 heterocycles. The molecule has 0 spiro atoms. The Labute approximate surface area is 141 Å². The number of aryl methyl sites for hydroxylation is 1. The van der Waals surface area contributed by atoms with Gasteiger partial charge in [-0.05, 0) is 49.2 Å². The van der Waals surface area contributed by atoms with Crippen LogP contribution < -0.4 is 14.8 Å². The standard InChI is InChI=1S/C18H20ClNO3/c1-11-9-16(22-3)17(23-4)10-14(11)12(2)20-18(21)13-7-5-6-8-15(13)19/h5-10,12H,1-4H3,(H,20,21). The summed E-state index contributed by atoms with van der Waals surface area (Å²) >= 11 is 6.07. The molecule has 4 nitrogen and oxygen atoms in total. The number of halogens is 1. The highest BCUT2D eigenvalue weighted by Crippen LogP contribution is 2.33. The van der Waals surface area contributed by atoms with Gasteiger partial charge in [0.1, 0.15) is 0 Å². The molecule has 0 aliphatic rings. The second kappa shape index (κ2) is 7.38. The van der Waals surface area contributed by atoms with Crippen LogP contribution in [0.3, 0.4) is 0 Å². The van der Waals surface area contributed by atoms with Crippen molar-refractivity contribution in [2.45, 2.75) is 19.9 Å². The predicted molar refractivity (Wildman–Crippen MR) is 91.6 cm³/mol. The van der Waals surface area contributed by atoms with Crippen LogP contribution in [0.15, 0.2) is 36.4 Å². The molecule has 5 heteroatoms. The van der Waals surface area contributed by atoms with Crippen molar-refractivity contribution in [2.24, 2.45) is 0 Å². The van der Waals surface area contributed by atoms with Gasteiger partial charge in [-0.15, -0.1) is 0 Å². The van der Waals surface area contributed by atoms with Crippen LogP contribution in [0.4, 0.5) is 0 Å². The largest absolute Gasteiger partial charge is 0.493 e. The summed E-state index contributed by atoms with van der Waals surface area (Å²) in [5.74, 6) is 1.09. The van der Waals surface area contributed by atoms with Crippen LogP contribution in [0.2, 0.25) is 5.02 Å². The van der Waals surface area contributed by atoms with Gasteiger partial charge in [-0.1, -0.05) is 23.7 Å². The van der Waals surface area contributed by atoms with Gasteiger partial charge in [0.05, 0.1) is 30.8 Å². The molecule has 0 radical (unpaired) electrons. The highest BCUT2D eigenvalue weighted by Gasteiger charge is 2.17. The molecule has 1 atom stereocenters. The van der Waals surface area contributed by atoms with E-state index in [0.717, 1.165) is 11.1 Å². The molecule has 0 aliphatic carbocycles. The average Bonchev–Trinajstić information content (AvgIpc) is 2.54. The van der Waals surface area contributed by atoms with E-state index in [0.29, 0.717) is 22.1 Å². The van der Waals surface area contributed by atoms with E-state index < -0.39 is 0 Å². The molecule has 1 N–H and O–H groups in total. The van der Waals surface area contributed by atoms with Crippen molar-refractivity contribution >= 4 is 17.5 Å². The summed E-state index contributed by atoms with van der Waals surface area (Å²) in [7, 11) is 3.18. The summed E-state index contributed by atoms with van der Waals surface area (Å²) in [6.07, 6.45) is 0. The van der Waals surface area contributed by atoms with E-state index in [2.05, 4.69) is 5.32 Å². The lowest BCUT2D eigenvalue weighted by Crippen LogP contribution is -2.27. The number of hydrogen-bond acceptors (Lipinski definition) is 3. The Kier molecular flexibility index (Phi) is 5.50. The lowest BCUT2D eigenvalue weighted by Gasteiger charge is -2.19. The Hall–Kier alpha value is -2.20. The third kappa shape index (κ3) is 3.77. The molecule has 0 bridgehead atoms. The first-order chi connectivity index (χ1) is 11.0. The van der Waals surface area contributed by atoms with Crippen molar-refractivity contribution in [2.75, 3.05) is 14.2 Å². The zero-order valence-corrected chi connectivity index (χ0v) is 14.4. The normalized spacial score (nSPS) is 11.7. The smallest absolute Gasteiger partial charge is 0.253 e. The van der Waals surface area contributed by atoms with Gasteiger partial charge in [0.25, 0.3) is 5.91 Å². The van der Waals surface area contributed by atoms with Crippen molar-refractivity contribution in [1.82, 2.24) is 5.32 Å². The van der Waals surface area contributed by atoms with E-state index in [1.54, 1.807) is 38.5 Å². The van der Waals surface area contributed by atoms with Crippen LogP contribution in [-0.2, 0) is 0 Å². The molecule has 122 valence electrons. The summed E-state index contributed by atoms with van der Waals surface area (Å²) in [5.41, 5.74) is 2.43. The fraction of sp³-hybridized carbons (Fsp3) is 0.278. The van der Waals surface area contributed by atoms with Crippen molar-refractivity contribution in [3.63, 3.8) is 0 Å². The van der Waals surface area contributed by atoms with Gasteiger partial charge in [0.15, 0.2) is 11.5 Å². The Balaban J connectivity index is 2.25. The van der Waals surface area contributed by atoms with Gasteiger partial charge in [-0.3, -0.25) is 4.79 Å². The van der Waals surface area contributed by atoms with E-state index >= 15 is 0 Å². The second-order valence-corrected chi connectivity index (χ2v) is 5.65. The molecule has 0 saturated heterocycles. The minimum absolute atomic E-state index is 0.196. The van der Waals surface area contributed by atoms with Gasteiger partial charge in [0.2, 0.25) is 0 Å². The first-order valence-electron chi connectivity index (χ1n) is 7.25. The highest BCUT2D eigenvalue weighted by atomic mass is 35.5. The number of rotatable bonds is 5. The predicted octanol–water partition coefficient (Wildman–Crippen LogP) is 4.16. The van der Waals surface area contributed by atoms with E-state index in [4.69, 9.17) is 21.1 Å². The van der Waals surface area contributed by atoms with Crippen LogP contribution in [0.5, 0.6) is 11.5 Å². The molecule has 1 unspecified atom stereocenters. The highest BCUT2D eigenvalue weighted by molar-refractivity contribution is 6.33. The number of benzene rings is 2. The van der Waals surface area contributed by atoms with Crippen molar-refractivity contribution in [1.29, 1.82) is 0 Å². The summed E-state index contributed by atoms with van der Waals surface area (Å²) in [5, 5.41) is 3.39. The van der Waals surface area contributed by atoms with Gasteiger partial charge >= 0.3 is 0 Å². The fourth-order valence-electron chi connectivity index (χ4n) is 2.46. The monoisotopic (exact) mass is 333 g/mol. The van der Waals surface area contributed by atoms with Gasteiger partial charge < -0.3 is 14.8 Å². The van der Waals surface area contributed by atoms with Crippen molar-refractivity contribution in [3.05, 3.63) is 58.1 Å². The number of carbonyl (C=O) groups is 1. The Morgan fingerprint density at radius 2 is 1.74 bits per heavy atom. The maximum Gasteiger partial charge on any atom is 0.253 e. The van der Waals surface area contributed by atoms with Crippen molar-refractivity contribution in [3.8, 4) is 11.5 Å². The SMILES string of the molecule is COc1cc(C)c(C(C)NC(=O)c2ccccc2Cl)cc1OC. The molecule has 0 fully saturated rings. The first-order valence-corrected chi connectivity index (χ1v) is 7.63. The number of nitrogens with one attached hydrogen (secondary N) is 1.